The highest BCUT2D eigenvalue weighted by molar-refractivity contribution is 5.89. The number of carbonyl (C=O) groups excluding carboxylic acids is 1. The molecular formula is C15H19N3O2. The number of urea groups is 1. The molecule has 0 radical (unpaired) electrons. The van der Waals surface area contributed by atoms with Gasteiger partial charge in [-0.25, -0.2) is 4.79 Å². The third kappa shape index (κ3) is 3.72. The first-order chi connectivity index (χ1) is 9.72. The number of aliphatic hydroxyl groups is 1. The first-order valence-corrected chi connectivity index (χ1v) is 6.91. The maximum atomic E-state index is 11.9. The topological polar surface area (TPSA) is 85.2 Å². The van der Waals surface area contributed by atoms with E-state index in [0.29, 0.717) is 11.3 Å². The van der Waals surface area contributed by atoms with Gasteiger partial charge in [-0.3, -0.25) is 0 Å². The Morgan fingerprint density at radius 3 is 2.65 bits per heavy atom. The first kappa shape index (κ1) is 14.4. The summed E-state index contributed by atoms with van der Waals surface area (Å²) in [5.74, 6) is 0.149. The van der Waals surface area contributed by atoms with Crippen molar-refractivity contribution >= 4 is 11.7 Å². The Hall–Kier alpha value is -2.06. The van der Waals surface area contributed by atoms with Crippen molar-refractivity contribution in [1.82, 2.24) is 5.32 Å². The first-order valence-electron chi connectivity index (χ1n) is 6.91. The highest BCUT2D eigenvalue weighted by Crippen LogP contribution is 2.24. The summed E-state index contributed by atoms with van der Waals surface area (Å²) in [7, 11) is 0. The maximum absolute atomic E-state index is 11.9. The van der Waals surface area contributed by atoms with E-state index in [1.807, 2.05) is 6.07 Å². The van der Waals surface area contributed by atoms with Crippen LogP contribution in [0.1, 0.15) is 31.2 Å². The summed E-state index contributed by atoms with van der Waals surface area (Å²) in [4.78, 5) is 11.9. The molecule has 2 amide bonds. The summed E-state index contributed by atoms with van der Waals surface area (Å²) >= 11 is 0. The number of hydrogen-bond donors (Lipinski definition) is 3. The van der Waals surface area contributed by atoms with Gasteiger partial charge in [0.15, 0.2) is 0 Å². The Morgan fingerprint density at radius 1 is 1.30 bits per heavy atom. The standard InChI is InChI=1S/C15H19N3O2/c16-9-11-5-7-13(8-6-11)17-15(20)18-14-4-2-1-3-12(14)10-19/h5-8,12,14,19H,1-4,10H2,(H2,17,18,20). The zero-order chi connectivity index (χ0) is 14.4. The lowest BCUT2D eigenvalue weighted by Gasteiger charge is -2.30. The van der Waals surface area contributed by atoms with E-state index in [1.54, 1.807) is 24.3 Å². The van der Waals surface area contributed by atoms with Crippen LogP contribution in [-0.2, 0) is 0 Å². The molecule has 1 saturated carbocycles. The monoisotopic (exact) mass is 273 g/mol. The summed E-state index contributed by atoms with van der Waals surface area (Å²) in [6.45, 7) is 0.113. The number of carbonyl (C=O) groups is 1. The second-order valence-corrected chi connectivity index (χ2v) is 5.12. The fourth-order valence-electron chi connectivity index (χ4n) is 2.58. The van der Waals surface area contributed by atoms with Crippen molar-refractivity contribution in [3.63, 3.8) is 0 Å². The van der Waals surface area contributed by atoms with Gasteiger partial charge in [0.05, 0.1) is 11.6 Å². The van der Waals surface area contributed by atoms with Gasteiger partial charge >= 0.3 is 6.03 Å². The van der Waals surface area contributed by atoms with Gasteiger partial charge in [-0.15, -0.1) is 0 Å². The van der Waals surface area contributed by atoms with E-state index in [9.17, 15) is 9.90 Å². The minimum atomic E-state index is -0.264. The van der Waals surface area contributed by atoms with Crippen LogP contribution in [-0.4, -0.2) is 23.8 Å². The molecule has 20 heavy (non-hydrogen) atoms. The van der Waals surface area contributed by atoms with E-state index in [1.165, 1.54) is 0 Å². The summed E-state index contributed by atoms with van der Waals surface area (Å²) in [6, 6.07) is 8.51. The Balaban J connectivity index is 1.89. The average molecular weight is 273 g/mol. The van der Waals surface area contributed by atoms with Gasteiger partial charge < -0.3 is 15.7 Å². The van der Waals surface area contributed by atoms with Crippen molar-refractivity contribution in [2.45, 2.75) is 31.7 Å². The van der Waals surface area contributed by atoms with Crippen molar-refractivity contribution in [3.05, 3.63) is 29.8 Å². The van der Waals surface area contributed by atoms with E-state index in [0.717, 1.165) is 25.7 Å². The molecule has 2 atom stereocenters. The number of anilines is 1. The molecule has 0 spiro atoms. The van der Waals surface area contributed by atoms with Crippen LogP contribution in [0.15, 0.2) is 24.3 Å². The number of amides is 2. The second kappa shape index (κ2) is 6.92. The minimum absolute atomic E-state index is 0.0344. The minimum Gasteiger partial charge on any atom is -0.396 e. The molecule has 0 heterocycles. The van der Waals surface area contributed by atoms with E-state index in [2.05, 4.69) is 10.6 Å². The second-order valence-electron chi connectivity index (χ2n) is 5.12. The van der Waals surface area contributed by atoms with Crippen molar-refractivity contribution in [3.8, 4) is 6.07 Å². The van der Waals surface area contributed by atoms with Crippen molar-refractivity contribution < 1.29 is 9.90 Å². The number of nitrogens with one attached hydrogen (secondary N) is 2. The molecule has 5 nitrogen and oxygen atoms in total. The summed E-state index contributed by atoms with van der Waals surface area (Å²) in [5, 5.41) is 23.7. The van der Waals surface area contributed by atoms with Gasteiger partial charge in [-0.05, 0) is 37.1 Å². The third-order valence-electron chi connectivity index (χ3n) is 3.73. The lowest BCUT2D eigenvalue weighted by molar-refractivity contribution is 0.156. The molecule has 1 aliphatic carbocycles. The van der Waals surface area contributed by atoms with Crippen molar-refractivity contribution in [2.75, 3.05) is 11.9 Å². The number of hydrogen-bond acceptors (Lipinski definition) is 3. The molecule has 1 fully saturated rings. The number of nitriles is 1. The van der Waals surface area contributed by atoms with Crippen LogP contribution in [0.3, 0.4) is 0 Å². The van der Waals surface area contributed by atoms with Crippen LogP contribution in [0, 0.1) is 17.2 Å². The largest absolute Gasteiger partial charge is 0.396 e. The van der Waals surface area contributed by atoms with Gasteiger partial charge in [-0.2, -0.15) is 5.26 Å². The van der Waals surface area contributed by atoms with Gasteiger partial charge in [0.1, 0.15) is 0 Å². The van der Waals surface area contributed by atoms with Crippen LogP contribution in [0.5, 0.6) is 0 Å². The molecule has 2 rings (SSSR count). The SMILES string of the molecule is N#Cc1ccc(NC(=O)NC2CCCCC2CO)cc1. The molecule has 0 saturated heterocycles. The number of benzene rings is 1. The molecule has 5 heteroatoms. The summed E-state index contributed by atoms with van der Waals surface area (Å²) in [5.41, 5.74) is 1.21. The van der Waals surface area contributed by atoms with Crippen LogP contribution in [0.2, 0.25) is 0 Å². The Labute approximate surface area is 118 Å². The van der Waals surface area contributed by atoms with Crippen LogP contribution < -0.4 is 10.6 Å². The number of aliphatic hydroxyl groups excluding tert-OH is 1. The lowest BCUT2D eigenvalue weighted by Crippen LogP contribution is -2.45. The highest BCUT2D eigenvalue weighted by Gasteiger charge is 2.25. The zero-order valence-electron chi connectivity index (χ0n) is 11.3. The Bertz CT molecular complexity index is 493. The van der Waals surface area contributed by atoms with Gasteiger partial charge in [0.25, 0.3) is 0 Å². The molecule has 0 bridgehead atoms. The molecule has 1 aromatic rings. The zero-order valence-corrected chi connectivity index (χ0v) is 11.3. The van der Waals surface area contributed by atoms with Crippen LogP contribution in [0.4, 0.5) is 10.5 Å². The van der Waals surface area contributed by atoms with Crippen molar-refractivity contribution in [2.24, 2.45) is 5.92 Å². The van der Waals surface area contributed by atoms with Gasteiger partial charge in [-0.1, -0.05) is 12.8 Å². The molecular weight excluding hydrogens is 254 g/mol. The molecule has 0 aliphatic heterocycles. The van der Waals surface area contributed by atoms with E-state index in [-0.39, 0.29) is 24.6 Å². The number of nitrogens with zero attached hydrogens (tertiary/aromatic N) is 1. The fraction of sp³-hybridized carbons (Fsp3) is 0.467. The average Bonchev–Trinajstić information content (AvgIpc) is 2.48. The molecule has 0 aromatic heterocycles. The summed E-state index contributed by atoms with van der Waals surface area (Å²) < 4.78 is 0. The Morgan fingerprint density at radius 2 is 2.00 bits per heavy atom. The van der Waals surface area contributed by atoms with E-state index in [4.69, 9.17) is 5.26 Å². The quantitative estimate of drug-likeness (QED) is 0.789. The van der Waals surface area contributed by atoms with Gasteiger partial charge in [0, 0.05) is 24.3 Å². The molecule has 3 N–H and O–H groups in total. The molecule has 1 aromatic carbocycles. The van der Waals surface area contributed by atoms with Crippen LogP contribution in [0.25, 0.3) is 0 Å². The van der Waals surface area contributed by atoms with Gasteiger partial charge in [0.2, 0.25) is 0 Å². The maximum Gasteiger partial charge on any atom is 0.319 e. The van der Waals surface area contributed by atoms with Crippen molar-refractivity contribution in [1.29, 1.82) is 5.26 Å². The highest BCUT2D eigenvalue weighted by atomic mass is 16.3. The predicted molar refractivity (Wildman–Crippen MR) is 76.1 cm³/mol. The smallest absolute Gasteiger partial charge is 0.319 e. The van der Waals surface area contributed by atoms with E-state index < -0.39 is 0 Å². The summed E-state index contributed by atoms with van der Waals surface area (Å²) in [6.07, 6.45) is 4.06. The lowest BCUT2D eigenvalue weighted by atomic mass is 9.85. The number of rotatable bonds is 3. The normalized spacial score (nSPS) is 21.8. The fourth-order valence-corrected chi connectivity index (χ4v) is 2.58. The Kier molecular flexibility index (Phi) is 4.97. The predicted octanol–water partition coefficient (Wildman–Crippen LogP) is 2.23. The third-order valence-corrected chi connectivity index (χ3v) is 3.73. The van der Waals surface area contributed by atoms with Crippen LogP contribution >= 0.6 is 0 Å². The molecule has 1 aliphatic rings. The molecule has 106 valence electrons. The molecule has 2 unspecified atom stereocenters. The van der Waals surface area contributed by atoms with E-state index >= 15 is 0 Å².